The van der Waals surface area contributed by atoms with Gasteiger partial charge in [0.25, 0.3) is 5.91 Å². The second-order valence-corrected chi connectivity index (χ2v) is 6.97. The highest BCUT2D eigenvalue weighted by atomic mass is 35.5. The Labute approximate surface area is 141 Å². The fourth-order valence-electron chi connectivity index (χ4n) is 3.17. The number of ether oxygens (including phenoxy) is 1. The SMILES string of the molecule is COc1ccc(C(=O)NC2C(c3ccc(Cl)cc3)C2(C)C)cc1. The van der Waals surface area contributed by atoms with E-state index in [2.05, 4.69) is 19.2 Å². The van der Waals surface area contributed by atoms with E-state index in [1.807, 2.05) is 24.3 Å². The molecule has 2 atom stereocenters. The summed E-state index contributed by atoms with van der Waals surface area (Å²) in [4.78, 5) is 12.4. The lowest BCUT2D eigenvalue weighted by Crippen LogP contribution is -2.28. The van der Waals surface area contributed by atoms with Crippen LogP contribution < -0.4 is 10.1 Å². The highest BCUT2D eigenvalue weighted by Crippen LogP contribution is 2.58. The van der Waals surface area contributed by atoms with Crippen LogP contribution in [0.15, 0.2) is 48.5 Å². The van der Waals surface area contributed by atoms with Crippen LogP contribution in [0.25, 0.3) is 0 Å². The summed E-state index contributed by atoms with van der Waals surface area (Å²) in [5.41, 5.74) is 1.89. The number of carbonyl (C=O) groups excluding carboxylic acids is 1. The Morgan fingerprint density at radius 3 is 2.26 bits per heavy atom. The molecule has 0 bridgehead atoms. The highest BCUT2D eigenvalue weighted by Gasteiger charge is 2.59. The van der Waals surface area contributed by atoms with Crippen molar-refractivity contribution in [3.05, 3.63) is 64.7 Å². The van der Waals surface area contributed by atoms with Crippen molar-refractivity contribution >= 4 is 17.5 Å². The van der Waals surface area contributed by atoms with E-state index < -0.39 is 0 Å². The molecule has 2 aromatic carbocycles. The van der Waals surface area contributed by atoms with Gasteiger partial charge in [-0.1, -0.05) is 37.6 Å². The van der Waals surface area contributed by atoms with E-state index in [1.54, 1.807) is 31.4 Å². The number of rotatable bonds is 4. The van der Waals surface area contributed by atoms with Gasteiger partial charge in [0.1, 0.15) is 5.75 Å². The molecule has 1 N–H and O–H groups in total. The smallest absolute Gasteiger partial charge is 0.251 e. The van der Waals surface area contributed by atoms with Crippen LogP contribution in [0, 0.1) is 5.41 Å². The molecule has 1 amide bonds. The molecule has 0 radical (unpaired) electrons. The van der Waals surface area contributed by atoms with Gasteiger partial charge in [-0.25, -0.2) is 0 Å². The Morgan fingerprint density at radius 1 is 1.09 bits per heavy atom. The number of hydrogen-bond acceptors (Lipinski definition) is 2. The van der Waals surface area contributed by atoms with Crippen LogP contribution in [0.1, 0.15) is 35.7 Å². The maximum Gasteiger partial charge on any atom is 0.251 e. The highest BCUT2D eigenvalue weighted by molar-refractivity contribution is 6.30. The van der Waals surface area contributed by atoms with E-state index in [1.165, 1.54) is 5.56 Å². The van der Waals surface area contributed by atoms with E-state index in [0.717, 1.165) is 10.8 Å². The third kappa shape index (κ3) is 3.06. The molecule has 1 aliphatic rings. The van der Waals surface area contributed by atoms with E-state index in [0.29, 0.717) is 11.5 Å². The molecule has 0 aromatic heterocycles. The minimum absolute atomic E-state index is 0.0377. The molecule has 1 aliphatic carbocycles. The van der Waals surface area contributed by atoms with Crippen molar-refractivity contribution in [1.29, 1.82) is 0 Å². The molecule has 2 unspecified atom stereocenters. The van der Waals surface area contributed by atoms with Gasteiger partial charge in [0.05, 0.1) is 7.11 Å². The standard InChI is InChI=1S/C19H20ClNO2/c1-19(2)16(12-4-8-14(20)9-5-12)17(19)21-18(22)13-6-10-15(23-3)11-7-13/h4-11,16-17H,1-3H3,(H,21,22). The molecule has 1 fully saturated rings. The van der Waals surface area contributed by atoms with Gasteiger partial charge < -0.3 is 10.1 Å². The average molecular weight is 330 g/mol. The first-order chi connectivity index (χ1) is 10.9. The number of methoxy groups -OCH3 is 1. The van der Waals surface area contributed by atoms with Crippen LogP contribution in [0.5, 0.6) is 5.75 Å². The van der Waals surface area contributed by atoms with Gasteiger partial charge in [-0.05, 0) is 47.4 Å². The van der Waals surface area contributed by atoms with E-state index >= 15 is 0 Å². The summed E-state index contributed by atoms with van der Waals surface area (Å²) in [7, 11) is 1.61. The van der Waals surface area contributed by atoms with Crippen LogP contribution in [0.3, 0.4) is 0 Å². The molecule has 0 aliphatic heterocycles. The minimum Gasteiger partial charge on any atom is -0.497 e. The van der Waals surface area contributed by atoms with Crippen LogP contribution in [-0.2, 0) is 0 Å². The number of carbonyl (C=O) groups is 1. The van der Waals surface area contributed by atoms with E-state index in [4.69, 9.17) is 16.3 Å². The van der Waals surface area contributed by atoms with Crippen LogP contribution in [-0.4, -0.2) is 19.1 Å². The summed E-state index contributed by atoms with van der Waals surface area (Å²) in [5, 5.41) is 3.88. The fraction of sp³-hybridized carbons (Fsp3) is 0.316. The third-order valence-electron chi connectivity index (χ3n) is 4.70. The second kappa shape index (κ2) is 5.89. The zero-order valence-corrected chi connectivity index (χ0v) is 14.2. The molecule has 0 heterocycles. The topological polar surface area (TPSA) is 38.3 Å². The van der Waals surface area contributed by atoms with Gasteiger partial charge >= 0.3 is 0 Å². The maximum absolute atomic E-state index is 12.4. The number of nitrogens with one attached hydrogen (secondary N) is 1. The molecule has 3 nitrogen and oxygen atoms in total. The zero-order valence-electron chi connectivity index (χ0n) is 13.5. The second-order valence-electron chi connectivity index (χ2n) is 6.53. The number of amides is 1. The van der Waals surface area contributed by atoms with E-state index in [-0.39, 0.29) is 17.4 Å². The Hall–Kier alpha value is -2.00. The molecule has 4 heteroatoms. The van der Waals surface area contributed by atoms with Crippen LogP contribution in [0.2, 0.25) is 5.02 Å². The first kappa shape index (κ1) is 15.9. The molecule has 3 rings (SSSR count). The molecule has 23 heavy (non-hydrogen) atoms. The lowest BCUT2D eigenvalue weighted by atomic mass is 10.0. The van der Waals surface area contributed by atoms with Crippen molar-refractivity contribution in [3.63, 3.8) is 0 Å². The molecule has 0 saturated heterocycles. The van der Waals surface area contributed by atoms with Crippen molar-refractivity contribution in [1.82, 2.24) is 5.32 Å². The normalized spacial score (nSPS) is 21.6. The Bertz CT molecular complexity index is 707. The minimum atomic E-state index is -0.0535. The molecular weight excluding hydrogens is 310 g/mol. The van der Waals surface area contributed by atoms with Gasteiger partial charge in [0, 0.05) is 22.5 Å². The molecule has 0 spiro atoms. The summed E-state index contributed by atoms with van der Waals surface area (Å²) in [6, 6.07) is 15.1. The van der Waals surface area contributed by atoms with Crippen LogP contribution in [0.4, 0.5) is 0 Å². The Balaban J connectivity index is 1.72. The summed E-state index contributed by atoms with van der Waals surface area (Å²) in [6.45, 7) is 4.34. The quantitative estimate of drug-likeness (QED) is 0.909. The summed E-state index contributed by atoms with van der Waals surface area (Å²) < 4.78 is 5.12. The monoisotopic (exact) mass is 329 g/mol. The Kier molecular flexibility index (Phi) is 4.07. The summed E-state index contributed by atoms with van der Waals surface area (Å²) >= 11 is 5.95. The van der Waals surface area contributed by atoms with Gasteiger partial charge in [0.2, 0.25) is 0 Å². The average Bonchev–Trinajstić information content (AvgIpc) is 3.08. The van der Waals surface area contributed by atoms with Gasteiger partial charge in [-0.2, -0.15) is 0 Å². The van der Waals surface area contributed by atoms with Crippen molar-refractivity contribution < 1.29 is 9.53 Å². The molecule has 120 valence electrons. The van der Waals surface area contributed by atoms with Crippen LogP contribution >= 0.6 is 11.6 Å². The lowest BCUT2D eigenvalue weighted by Gasteiger charge is -2.07. The van der Waals surface area contributed by atoms with Crippen molar-refractivity contribution in [2.24, 2.45) is 5.41 Å². The molecular formula is C19H20ClNO2. The number of benzene rings is 2. The fourth-order valence-corrected chi connectivity index (χ4v) is 3.29. The first-order valence-corrected chi connectivity index (χ1v) is 8.01. The molecule has 1 saturated carbocycles. The zero-order chi connectivity index (χ0) is 16.6. The van der Waals surface area contributed by atoms with E-state index in [9.17, 15) is 4.79 Å². The Morgan fingerprint density at radius 2 is 1.70 bits per heavy atom. The maximum atomic E-state index is 12.4. The lowest BCUT2D eigenvalue weighted by molar-refractivity contribution is 0.0946. The molecule has 2 aromatic rings. The largest absolute Gasteiger partial charge is 0.497 e. The van der Waals surface area contributed by atoms with Gasteiger partial charge in [-0.15, -0.1) is 0 Å². The summed E-state index contributed by atoms with van der Waals surface area (Å²) in [5.74, 6) is 0.997. The van der Waals surface area contributed by atoms with Crippen molar-refractivity contribution in [2.75, 3.05) is 7.11 Å². The van der Waals surface area contributed by atoms with Gasteiger partial charge in [0.15, 0.2) is 0 Å². The number of hydrogen-bond donors (Lipinski definition) is 1. The third-order valence-corrected chi connectivity index (χ3v) is 4.95. The summed E-state index contributed by atoms with van der Waals surface area (Å²) in [6.07, 6.45) is 0. The van der Waals surface area contributed by atoms with Crippen molar-refractivity contribution in [3.8, 4) is 5.75 Å². The number of halogens is 1. The predicted molar refractivity (Wildman–Crippen MR) is 92.2 cm³/mol. The first-order valence-electron chi connectivity index (χ1n) is 7.64. The van der Waals surface area contributed by atoms with Crippen molar-refractivity contribution in [2.45, 2.75) is 25.8 Å². The predicted octanol–water partition coefficient (Wildman–Crippen LogP) is 4.27. The van der Waals surface area contributed by atoms with Gasteiger partial charge in [-0.3, -0.25) is 4.79 Å².